The summed E-state index contributed by atoms with van der Waals surface area (Å²) in [4.78, 5) is 14.4. The maximum atomic E-state index is 12.2. The molecule has 3 fully saturated rings. The van der Waals surface area contributed by atoms with E-state index in [1.807, 2.05) is 0 Å². The number of hydrogen-bond donors (Lipinski definition) is 0. The normalized spacial score (nSPS) is 47.9. The Balaban J connectivity index is 1.81. The second-order valence-electron chi connectivity index (χ2n) is 6.04. The third kappa shape index (κ3) is 1.30. The molecule has 3 aliphatic rings. The smallest absolute Gasteiger partial charge is 0.140 e. The van der Waals surface area contributed by atoms with E-state index in [0.29, 0.717) is 17.6 Å². The first kappa shape index (κ1) is 9.83. The average Bonchev–Trinajstić information content (AvgIpc) is 2.77. The average molecular weight is 207 g/mol. The van der Waals surface area contributed by atoms with Crippen LogP contribution >= 0.6 is 0 Å². The van der Waals surface area contributed by atoms with E-state index in [2.05, 4.69) is 19.0 Å². The van der Waals surface area contributed by atoms with Crippen molar-refractivity contribution in [2.45, 2.75) is 25.7 Å². The summed E-state index contributed by atoms with van der Waals surface area (Å²) in [5.74, 6) is 3.91. The van der Waals surface area contributed by atoms with Gasteiger partial charge in [-0.15, -0.1) is 0 Å². The van der Waals surface area contributed by atoms with E-state index >= 15 is 0 Å². The summed E-state index contributed by atoms with van der Waals surface area (Å²) >= 11 is 0. The Bertz CT molecular complexity index is 286. The van der Waals surface area contributed by atoms with Crippen LogP contribution in [0.15, 0.2) is 0 Å². The lowest BCUT2D eigenvalue weighted by Gasteiger charge is -2.31. The van der Waals surface area contributed by atoms with Gasteiger partial charge in [0.05, 0.1) is 0 Å². The van der Waals surface area contributed by atoms with Crippen LogP contribution in [0.1, 0.15) is 25.7 Å². The molecular formula is C13H21NO. The van der Waals surface area contributed by atoms with Gasteiger partial charge in [-0.3, -0.25) is 4.79 Å². The predicted molar refractivity (Wildman–Crippen MR) is 59.5 cm³/mol. The summed E-state index contributed by atoms with van der Waals surface area (Å²) in [5, 5.41) is 0. The molecule has 0 saturated heterocycles. The first-order valence-electron chi connectivity index (χ1n) is 6.37. The lowest BCUT2D eigenvalue weighted by Crippen LogP contribution is -2.38. The summed E-state index contributed by atoms with van der Waals surface area (Å²) in [6.07, 6.45) is 5.35. The van der Waals surface area contributed by atoms with E-state index in [1.54, 1.807) is 0 Å². The van der Waals surface area contributed by atoms with E-state index in [4.69, 9.17) is 0 Å². The summed E-state index contributed by atoms with van der Waals surface area (Å²) < 4.78 is 0. The lowest BCUT2D eigenvalue weighted by atomic mass is 9.75. The summed E-state index contributed by atoms with van der Waals surface area (Å²) in [5.41, 5.74) is 0. The summed E-state index contributed by atoms with van der Waals surface area (Å²) in [6, 6.07) is 0. The van der Waals surface area contributed by atoms with Gasteiger partial charge >= 0.3 is 0 Å². The fourth-order valence-electron chi connectivity index (χ4n) is 4.59. The number of fused-ring (bicyclic) bond motifs is 5. The molecule has 2 bridgehead atoms. The predicted octanol–water partition coefficient (Wildman–Crippen LogP) is 1.80. The van der Waals surface area contributed by atoms with Gasteiger partial charge in [0.1, 0.15) is 5.78 Å². The highest BCUT2D eigenvalue weighted by molar-refractivity contribution is 5.87. The number of nitrogens with zero attached hydrogens (tertiary/aromatic N) is 1. The molecule has 2 nitrogen and oxygen atoms in total. The molecule has 84 valence electrons. The second kappa shape index (κ2) is 3.31. The monoisotopic (exact) mass is 207 g/mol. The third-order valence-electron chi connectivity index (χ3n) is 5.03. The van der Waals surface area contributed by atoms with Crippen LogP contribution in [0.2, 0.25) is 0 Å². The van der Waals surface area contributed by atoms with Crippen LogP contribution in [0.25, 0.3) is 0 Å². The summed E-state index contributed by atoms with van der Waals surface area (Å²) in [7, 11) is 4.18. The zero-order chi connectivity index (χ0) is 10.6. The van der Waals surface area contributed by atoms with Gasteiger partial charge in [0.25, 0.3) is 0 Å². The first-order valence-corrected chi connectivity index (χ1v) is 6.37. The molecule has 0 unspecified atom stereocenters. The Morgan fingerprint density at radius 2 is 1.93 bits per heavy atom. The van der Waals surface area contributed by atoms with E-state index in [-0.39, 0.29) is 0 Å². The van der Waals surface area contributed by atoms with Crippen LogP contribution in [-0.4, -0.2) is 31.3 Å². The standard InChI is InChI=1S/C13H21NO/c1-14(2)7-12-10-6-11(13(12)15)9-5-3-4-8(9)10/h8-12H,3-7H2,1-2H3/t8-,9+,10-,11+,12-/m0/s1. The maximum Gasteiger partial charge on any atom is 0.140 e. The third-order valence-corrected chi connectivity index (χ3v) is 5.03. The number of hydrogen-bond acceptors (Lipinski definition) is 2. The van der Waals surface area contributed by atoms with E-state index in [9.17, 15) is 4.79 Å². The van der Waals surface area contributed by atoms with E-state index < -0.39 is 0 Å². The fraction of sp³-hybridized carbons (Fsp3) is 0.923. The quantitative estimate of drug-likeness (QED) is 0.688. The molecule has 5 atom stereocenters. The van der Waals surface area contributed by atoms with Gasteiger partial charge in [0.15, 0.2) is 0 Å². The van der Waals surface area contributed by atoms with Crippen molar-refractivity contribution in [3.8, 4) is 0 Å². The molecule has 3 rings (SSSR count). The molecule has 0 radical (unpaired) electrons. The van der Waals surface area contributed by atoms with Crippen LogP contribution in [0, 0.1) is 29.6 Å². The van der Waals surface area contributed by atoms with Crippen molar-refractivity contribution in [3.63, 3.8) is 0 Å². The van der Waals surface area contributed by atoms with Gasteiger partial charge in [-0.2, -0.15) is 0 Å². The van der Waals surface area contributed by atoms with E-state index in [1.165, 1.54) is 25.7 Å². The number of ketones is 1. The number of rotatable bonds is 2. The molecule has 0 heterocycles. The highest BCUT2D eigenvalue weighted by Gasteiger charge is 2.58. The minimum atomic E-state index is 0.379. The Kier molecular flexibility index (Phi) is 2.17. The van der Waals surface area contributed by atoms with Crippen LogP contribution in [0.3, 0.4) is 0 Å². The van der Waals surface area contributed by atoms with E-state index in [0.717, 1.165) is 24.3 Å². The maximum absolute atomic E-state index is 12.2. The van der Waals surface area contributed by atoms with Gasteiger partial charge in [-0.05, 0) is 51.1 Å². The second-order valence-corrected chi connectivity index (χ2v) is 6.04. The van der Waals surface area contributed by atoms with Crippen LogP contribution in [0.5, 0.6) is 0 Å². The molecule has 2 heteroatoms. The SMILES string of the molecule is CN(C)C[C@@H]1C(=O)[C@@H]2C[C@H]1[C@H]1CCC[C@H]12. The molecule has 0 aromatic rings. The molecule has 0 aliphatic heterocycles. The van der Waals surface area contributed by atoms with Crippen molar-refractivity contribution in [2.75, 3.05) is 20.6 Å². The highest BCUT2D eigenvalue weighted by Crippen LogP contribution is 2.59. The van der Waals surface area contributed by atoms with Gasteiger partial charge in [-0.25, -0.2) is 0 Å². The number of Topliss-reactive ketones (excluding diaryl/α,β-unsaturated/α-hetero) is 1. The molecule has 0 amide bonds. The zero-order valence-electron chi connectivity index (χ0n) is 9.78. The van der Waals surface area contributed by atoms with Crippen molar-refractivity contribution in [3.05, 3.63) is 0 Å². The molecule has 15 heavy (non-hydrogen) atoms. The number of carbonyl (C=O) groups is 1. The number of carbonyl (C=O) groups excluding carboxylic acids is 1. The first-order chi connectivity index (χ1) is 7.18. The molecule has 0 N–H and O–H groups in total. The molecule has 3 saturated carbocycles. The topological polar surface area (TPSA) is 20.3 Å². The Labute approximate surface area is 92.0 Å². The van der Waals surface area contributed by atoms with Gasteiger partial charge in [0.2, 0.25) is 0 Å². The fourth-order valence-corrected chi connectivity index (χ4v) is 4.59. The summed E-state index contributed by atoms with van der Waals surface area (Å²) in [6.45, 7) is 0.989. The van der Waals surface area contributed by atoms with Crippen molar-refractivity contribution in [2.24, 2.45) is 29.6 Å². The minimum Gasteiger partial charge on any atom is -0.309 e. The van der Waals surface area contributed by atoms with Crippen molar-refractivity contribution >= 4 is 5.78 Å². The molecule has 3 aliphatic carbocycles. The van der Waals surface area contributed by atoms with Gasteiger partial charge < -0.3 is 4.90 Å². The highest BCUT2D eigenvalue weighted by atomic mass is 16.1. The molecule has 0 aromatic heterocycles. The largest absolute Gasteiger partial charge is 0.309 e. The zero-order valence-corrected chi connectivity index (χ0v) is 9.78. The van der Waals surface area contributed by atoms with Crippen molar-refractivity contribution in [1.29, 1.82) is 0 Å². The van der Waals surface area contributed by atoms with Crippen LogP contribution in [-0.2, 0) is 4.79 Å². The van der Waals surface area contributed by atoms with Crippen LogP contribution < -0.4 is 0 Å². The van der Waals surface area contributed by atoms with Gasteiger partial charge in [-0.1, -0.05) is 6.42 Å². The van der Waals surface area contributed by atoms with Gasteiger partial charge in [0, 0.05) is 18.4 Å². The Hall–Kier alpha value is -0.370. The molecular weight excluding hydrogens is 186 g/mol. The Morgan fingerprint density at radius 3 is 2.67 bits per heavy atom. The lowest BCUT2D eigenvalue weighted by molar-refractivity contribution is -0.129. The minimum absolute atomic E-state index is 0.379. The molecule has 0 aromatic carbocycles. The van der Waals surface area contributed by atoms with Crippen molar-refractivity contribution in [1.82, 2.24) is 4.90 Å². The Morgan fingerprint density at radius 1 is 1.20 bits per heavy atom. The molecule has 0 spiro atoms. The van der Waals surface area contributed by atoms with Crippen molar-refractivity contribution < 1.29 is 4.79 Å². The van der Waals surface area contributed by atoms with Crippen LogP contribution in [0.4, 0.5) is 0 Å².